The van der Waals surface area contributed by atoms with Crippen molar-refractivity contribution in [2.75, 3.05) is 6.54 Å². The van der Waals surface area contributed by atoms with E-state index >= 15 is 0 Å². The first-order valence-electron chi connectivity index (χ1n) is 9.46. The second kappa shape index (κ2) is 7.95. The largest absolute Gasteiger partial charge is 0.353 e. The molecule has 0 aromatic carbocycles. The Morgan fingerprint density at radius 3 is 2.08 bits per heavy atom. The van der Waals surface area contributed by atoms with Crippen LogP contribution in [0, 0.1) is 11.8 Å². The van der Waals surface area contributed by atoms with Crippen LogP contribution in [0.5, 0.6) is 0 Å². The smallest absolute Gasteiger partial charge is 0.233 e. The lowest BCUT2D eigenvalue weighted by molar-refractivity contribution is -0.140. The summed E-state index contributed by atoms with van der Waals surface area (Å²) >= 11 is 0. The van der Waals surface area contributed by atoms with Gasteiger partial charge in [0, 0.05) is 19.0 Å². The molecule has 24 heavy (non-hydrogen) atoms. The van der Waals surface area contributed by atoms with Crippen molar-refractivity contribution in [3.8, 4) is 0 Å². The van der Waals surface area contributed by atoms with Gasteiger partial charge in [0.05, 0.1) is 11.8 Å². The predicted octanol–water partition coefficient (Wildman–Crippen LogP) is 2.56. The van der Waals surface area contributed by atoms with E-state index in [4.69, 9.17) is 0 Å². The van der Waals surface area contributed by atoms with E-state index in [0.717, 1.165) is 12.8 Å². The van der Waals surface area contributed by atoms with Crippen molar-refractivity contribution in [3.05, 3.63) is 12.2 Å². The summed E-state index contributed by atoms with van der Waals surface area (Å²) in [7, 11) is 0. The van der Waals surface area contributed by atoms with Crippen molar-refractivity contribution in [2.24, 2.45) is 11.8 Å². The minimum Gasteiger partial charge on any atom is -0.353 e. The zero-order valence-electron chi connectivity index (χ0n) is 14.3. The van der Waals surface area contributed by atoms with Gasteiger partial charge in [-0.1, -0.05) is 44.3 Å². The van der Waals surface area contributed by atoms with Crippen LogP contribution in [-0.2, 0) is 14.4 Å². The average Bonchev–Trinajstić information content (AvgIpc) is 2.80. The quantitative estimate of drug-likeness (QED) is 0.635. The van der Waals surface area contributed by atoms with E-state index < -0.39 is 0 Å². The molecule has 3 aliphatic rings. The molecule has 0 aromatic rings. The average molecular weight is 332 g/mol. The van der Waals surface area contributed by atoms with Crippen LogP contribution in [0.4, 0.5) is 0 Å². The SMILES string of the molecule is O=C(CCN1C(=O)C2CC=CCC2C1=O)NC1CCCCCCC1. The third kappa shape index (κ3) is 3.87. The third-order valence-electron chi connectivity index (χ3n) is 5.63. The van der Waals surface area contributed by atoms with Gasteiger partial charge in [0.25, 0.3) is 0 Å². The number of hydrogen-bond donors (Lipinski definition) is 1. The molecule has 3 amide bonds. The van der Waals surface area contributed by atoms with Gasteiger partial charge in [0.2, 0.25) is 17.7 Å². The Kier molecular flexibility index (Phi) is 5.69. The summed E-state index contributed by atoms with van der Waals surface area (Å²) in [6.45, 7) is 0.225. The Balaban J connectivity index is 1.47. The summed E-state index contributed by atoms with van der Waals surface area (Å²) < 4.78 is 0. The molecule has 2 fully saturated rings. The van der Waals surface area contributed by atoms with Crippen molar-refractivity contribution in [3.63, 3.8) is 0 Å². The van der Waals surface area contributed by atoms with Crippen LogP contribution < -0.4 is 5.32 Å². The van der Waals surface area contributed by atoms with Gasteiger partial charge in [-0.15, -0.1) is 0 Å². The highest BCUT2D eigenvalue weighted by atomic mass is 16.2. The van der Waals surface area contributed by atoms with Gasteiger partial charge in [-0.2, -0.15) is 0 Å². The number of hydrogen-bond acceptors (Lipinski definition) is 3. The van der Waals surface area contributed by atoms with Crippen LogP contribution in [0.3, 0.4) is 0 Å². The van der Waals surface area contributed by atoms with E-state index in [-0.39, 0.29) is 48.6 Å². The third-order valence-corrected chi connectivity index (χ3v) is 5.63. The summed E-state index contributed by atoms with van der Waals surface area (Å²) in [6, 6.07) is 0.259. The first-order chi connectivity index (χ1) is 11.7. The van der Waals surface area contributed by atoms with Gasteiger partial charge in [-0.05, 0) is 25.7 Å². The number of fused-ring (bicyclic) bond motifs is 1. The minimum atomic E-state index is -0.198. The highest BCUT2D eigenvalue weighted by Crippen LogP contribution is 2.35. The van der Waals surface area contributed by atoms with Gasteiger partial charge in [-0.3, -0.25) is 19.3 Å². The van der Waals surface area contributed by atoms with Crippen molar-refractivity contribution in [2.45, 2.75) is 70.3 Å². The monoisotopic (exact) mass is 332 g/mol. The van der Waals surface area contributed by atoms with Gasteiger partial charge in [-0.25, -0.2) is 0 Å². The number of carbonyl (C=O) groups excluding carboxylic acids is 3. The second-order valence-corrected chi connectivity index (χ2v) is 7.34. The van der Waals surface area contributed by atoms with Crippen LogP contribution in [0.1, 0.15) is 64.2 Å². The lowest BCUT2D eigenvalue weighted by atomic mass is 9.85. The molecule has 0 spiro atoms. The number of carbonyl (C=O) groups is 3. The highest BCUT2D eigenvalue weighted by Gasteiger charge is 2.46. The van der Waals surface area contributed by atoms with Gasteiger partial charge >= 0.3 is 0 Å². The molecular weight excluding hydrogens is 304 g/mol. The topological polar surface area (TPSA) is 66.5 Å². The molecule has 5 nitrogen and oxygen atoms in total. The fraction of sp³-hybridized carbons (Fsp3) is 0.737. The predicted molar refractivity (Wildman–Crippen MR) is 90.9 cm³/mol. The molecule has 1 saturated carbocycles. The first kappa shape index (κ1) is 17.2. The van der Waals surface area contributed by atoms with E-state index in [0.29, 0.717) is 12.8 Å². The van der Waals surface area contributed by atoms with Crippen LogP contribution >= 0.6 is 0 Å². The second-order valence-electron chi connectivity index (χ2n) is 7.34. The summed E-state index contributed by atoms with van der Waals surface area (Å²) in [4.78, 5) is 38.3. The number of rotatable bonds is 4. The van der Waals surface area contributed by atoms with E-state index in [2.05, 4.69) is 5.32 Å². The molecule has 1 saturated heterocycles. The van der Waals surface area contributed by atoms with Crippen molar-refractivity contribution >= 4 is 17.7 Å². The number of likely N-dealkylation sites (tertiary alicyclic amines) is 1. The maximum Gasteiger partial charge on any atom is 0.233 e. The van der Waals surface area contributed by atoms with E-state index in [1.165, 1.54) is 37.0 Å². The number of nitrogens with one attached hydrogen (secondary N) is 1. The molecule has 0 aromatic heterocycles. The van der Waals surface area contributed by atoms with Crippen LogP contribution in [0.15, 0.2) is 12.2 Å². The van der Waals surface area contributed by atoms with E-state index in [1.807, 2.05) is 12.2 Å². The Hall–Kier alpha value is -1.65. The normalized spacial score (nSPS) is 28.4. The zero-order chi connectivity index (χ0) is 16.9. The standard InChI is InChI=1S/C19H28N2O3/c22-17(20-14-8-4-2-1-3-5-9-14)12-13-21-18(23)15-10-6-7-11-16(15)19(21)24/h6-7,14-16H,1-5,8-13H2,(H,20,22). The zero-order valence-corrected chi connectivity index (χ0v) is 14.3. The lowest BCUT2D eigenvalue weighted by Gasteiger charge is -2.21. The summed E-state index contributed by atoms with van der Waals surface area (Å²) in [5, 5.41) is 3.10. The Bertz CT molecular complexity index is 495. The van der Waals surface area contributed by atoms with Crippen molar-refractivity contribution < 1.29 is 14.4 Å². The molecular formula is C19H28N2O3. The number of imide groups is 1. The molecule has 0 radical (unpaired) electrons. The molecule has 1 aliphatic heterocycles. The number of amides is 3. The highest BCUT2D eigenvalue weighted by molar-refractivity contribution is 6.05. The number of nitrogens with zero attached hydrogens (tertiary/aromatic N) is 1. The van der Waals surface area contributed by atoms with Gasteiger partial charge < -0.3 is 5.32 Å². The van der Waals surface area contributed by atoms with Crippen LogP contribution in [0.2, 0.25) is 0 Å². The van der Waals surface area contributed by atoms with Crippen molar-refractivity contribution in [1.29, 1.82) is 0 Å². The molecule has 3 rings (SSSR count). The fourth-order valence-electron chi connectivity index (χ4n) is 4.20. The molecule has 1 N–H and O–H groups in total. The van der Waals surface area contributed by atoms with E-state index in [1.54, 1.807) is 0 Å². The van der Waals surface area contributed by atoms with Gasteiger partial charge in [0.1, 0.15) is 0 Å². The molecule has 1 heterocycles. The first-order valence-corrected chi connectivity index (χ1v) is 9.46. The van der Waals surface area contributed by atoms with E-state index in [9.17, 15) is 14.4 Å². The maximum absolute atomic E-state index is 12.4. The maximum atomic E-state index is 12.4. The summed E-state index contributed by atoms with van der Waals surface area (Å²) in [5.74, 6) is -0.609. The Morgan fingerprint density at radius 2 is 1.50 bits per heavy atom. The molecule has 132 valence electrons. The Labute approximate surface area is 143 Å². The molecule has 0 bridgehead atoms. The summed E-state index contributed by atoms with van der Waals surface area (Å²) in [5.41, 5.74) is 0. The van der Waals surface area contributed by atoms with Gasteiger partial charge in [0.15, 0.2) is 0 Å². The molecule has 5 heteroatoms. The van der Waals surface area contributed by atoms with Crippen LogP contribution in [0.25, 0.3) is 0 Å². The molecule has 2 atom stereocenters. The van der Waals surface area contributed by atoms with Crippen molar-refractivity contribution in [1.82, 2.24) is 10.2 Å². The lowest BCUT2D eigenvalue weighted by Crippen LogP contribution is -2.39. The summed E-state index contributed by atoms with van der Waals surface area (Å²) in [6.07, 6.45) is 13.7. The fourth-order valence-corrected chi connectivity index (χ4v) is 4.20. The number of allylic oxidation sites excluding steroid dienone is 2. The Morgan fingerprint density at radius 1 is 0.958 bits per heavy atom. The van der Waals surface area contributed by atoms with Crippen LogP contribution in [-0.4, -0.2) is 35.2 Å². The minimum absolute atomic E-state index is 0.0332. The molecule has 2 unspecified atom stereocenters. The molecule has 2 aliphatic carbocycles.